The molecule has 2 N–H and O–H groups in total. The van der Waals surface area contributed by atoms with Gasteiger partial charge >= 0.3 is 0 Å². The number of aliphatic hydroxyl groups excluding tert-OH is 1. The number of carbonyl (C=O) groups excluding carboxylic acids is 1. The smallest absolute Gasteiger partial charge is 0.273 e. The first-order valence-electron chi connectivity index (χ1n) is 6.70. The summed E-state index contributed by atoms with van der Waals surface area (Å²) >= 11 is 0. The predicted octanol–water partition coefficient (Wildman–Crippen LogP) is 1.98. The van der Waals surface area contributed by atoms with Gasteiger partial charge in [-0.05, 0) is 30.6 Å². The van der Waals surface area contributed by atoms with Crippen molar-refractivity contribution in [1.29, 1.82) is 0 Å². The minimum absolute atomic E-state index is 0.0512. The molecular formula is C14H22N2O3. The van der Waals surface area contributed by atoms with Crippen LogP contribution in [0.15, 0.2) is 16.9 Å². The summed E-state index contributed by atoms with van der Waals surface area (Å²) < 4.78 is 4.68. The number of nitrogens with one attached hydrogen (secondary N) is 1. The summed E-state index contributed by atoms with van der Waals surface area (Å²) in [5, 5.41) is 16.4. The van der Waals surface area contributed by atoms with E-state index in [-0.39, 0.29) is 23.6 Å². The Hall–Kier alpha value is -1.36. The standard InChI is InChI=1S/C14H22N2O3/c1-10-6-13(2,3)8-14(7-10,9-17)15-12(18)11-4-5-19-16-11/h4-5,10,17H,6-9H2,1-3H3,(H,15,18)/t10-,14+/m0/s1. The molecule has 1 heterocycles. The molecule has 1 saturated carbocycles. The zero-order valence-electron chi connectivity index (χ0n) is 11.8. The predicted molar refractivity (Wildman–Crippen MR) is 70.6 cm³/mol. The Bertz CT molecular complexity index is 442. The fraction of sp³-hybridized carbons (Fsp3) is 0.714. The fourth-order valence-corrected chi connectivity index (χ4v) is 3.63. The molecule has 0 spiro atoms. The Morgan fingerprint density at radius 2 is 2.32 bits per heavy atom. The van der Waals surface area contributed by atoms with Gasteiger partial charge in [0.1, 0.15) is 6.26 Å². The second-order valence-corrected chi connectivity index (χ2v) is 6.63. The van der Waals surface area contributed by atoms with Crippen LogP contribution in [0.5, 0.6) is 0 Å². The molecule has 1 aromatic heterocycles. The molecule has 2 atom stereocenters. The monoisotopic (exact) mass is 266 g/mol. The van der Waals surface area contributed by atoms with Crippen LogP contribution in [0.25, 0.3) is 0 Å². The summed E-state index contributed by atoms with van der Waals surface area (Å²) in [6.07, 6.45) is 4.03. The third-order valence-corrected chi connectivity index (χ3v) is 3.81. The van der Waals surface area contributed by atoms with E-state index >= 15 is 0 Å². The lowest BCUT2D eigenvalue weighted by molar-refractivity contribution is 0.0331. The first-order valence-corrected chi connectivity index (χ1v) is 6.70. The second-order valence-electron chi connectivity index (χ2n) is 6.63. The zero-order chi connectivity index (χ0) is 14.1. The number of aliphatic hydroxyl groups is 1. The van der Waals surface area contributed by atoms with E-state index in [9.17, 15) is 9.90 Å². The van der Waals surface area contributed by atoms with Crippen LogP contribution < -0.4 is 5.32 Å². The zero-order valence-corrected chi connectivity index (χ0v) is 11.8. The number of aromatic nitrogens is 1. The van der Waals surface area contributed by atoms with Crippen LogP contribution >= 0.6 is 0 Å². The summed E-state index contributed by atoms with van der Waals surface area (Å²) in [5.74, 6) is 0.182. The highest BCUT2D eigenvalue weighted by molar-refractivity contribution is 5.92. The number of carbonyl (C=O) groups is 1. The maximum atomic E-state index is 12.1. The molecule has 0 radical (unpaired) electrons. The third-order valence-electron chi connectivity index (χ3n) is 3.81. The quantitative estimate of drug-likeness (QED) is 0.877. The Morgan fingerprint density at radius 3 is 2.84 bits per heavy atom. The molecule has 0 bridgehead atoms. The van der Waals surface area contributed by atoms with Crippen molar-refractivity contribution < 1.29 is 14.4 Å². The average molecular weight is 266 g/mol. The van der Waals surface area contributed by atoms with Gasteiger partial charge < -0.3 is 14.9 Å². The molecule has 1 fully saturated rings. The molecule has 1 amide bonds. The van der Waals surface area contributed by atoms with E-state index in [1.165, 1.54) is 12.3 Å². The lowest BCUT2D eigenvalue weighted by Gasteiger charge is -2.47. The average Bonchev–Trinajstić information content (AvgIpc) is 2.79. The van der Waals surface area contributed by atoms with Gasteiger partial charge in [0.05, 0.1) is 12.1 Å². The molecule has 2 rings (SSSR count). The molecule has 1 aliphatic carbocycles. The van der Waals surface area contributed by atoms with E-state index in [0.29, 0.717) is 5.92 Å². The first kappa shape index (κ1) is 14.1. The lowest BCUT2D eigenvalue weighted by atomic mass is 9.64. The first-order chi connectivity index (χ1) is 8.86. The van der Waals surface area contributed by atoms with Gasteiger partial charge in [0, 0.05) is 6.07 Å². The van der Waals surface area contributed by atoms with E-state index < -0.39 is 5.54 Å². The topological polar surface area (TPSA) is 75.4 Å². The van der Waals surface area contributed by atoms with Gasteiger partial charge in [-0.1, -0.05) is 25.9 Å². The summed E-state index contributed by atoms with van der Waals surface area (Å²) in [5.41, 5.74) is -0.196. The largest absolute Gasteiger partial charge is 0.394 e. The van der Waals surface area contributed by atoms with Gasteiger partial charge in [0.15, 0.2) is 5.69 Å². The second kappa shape index (κ2) is 4.96. The molecule has 5 nitrogen and oxygen atoms in total. The number of hydrogen-bond donors (Lipinski definition) is 2. The molecule has 106 valence electrons. The van der Waals surface area contributed by atoms with Crippen LogP contribution in [0.3, 0.4) is 0 Å². The van der Waals surface area contributed by atoms with E-state index in [2.05, 4.69) is 35.8 Å². The van der Waals surface area contributed by atoms with Crippen molar-refractivity contribution in [2.24, 2.45) is 11.3 Å². The van der Waals surface area contributed by atoms with Crippen LogP contribution in [-0.2, 0) is 0 Å². The molecule has 0 unspecified atom stereocenters. The molecule has 0 aromatic carbocycles. The highest BCUT2D eigenvalue weighted by Gasteiger charge is 2.43. The number of rotatable bonds is 3. The van der Waals surface area contributed by atoms with E-state index in [0.717, 1.165) is 19.3 Å². The molecular weight excluding hydrogens is 244 g/mol. The molecule has 0 aliphatic heterocycles. The van der Waals surface area contributed by atoms with Crippen molar-refractivity contribution in [3.8, 4) is 0 Å². The van der Waals surface area contributed by atoms with Crippen LogP contribution in [0.1, 0.15) is 50.5 Å². The lowest BCUT2D eigenvalue weighted by Crippen LogP contribution is -2.57. The molecule has 1 aliphatic rings. The summed E-state index contributed by atoms with van der Waals surface area (Å²) in [6, 6.07) is 1.53. The van der Waals surface area contributed by atoms with E-state index in [4.69, 9.17) is 0 Å². The number of amides is 1. The summed E-state index contributed by atoms with van der Waals surface area (Å²) in [6.45, 7) is 6.46. The van der Waals surface area contributed by atoms with Crippen molar-refractivity contribution in [2.75, 3.05) is 6.61 Å². The Kier molecular flexibility index (Phi) is 3.67. The van der Waals surface area contributed by atoms with Crippen LogP contribution in [0.4, 0.5) is 0 Å². The molecule has 1 aromatic rings. The van der Waals surface area contributed by atoms with Crippen molar-refractivity contribution in [3.05, 3.63) is 18.0 Å². The number of nitrogens with zero attached hydrogens (tertiary/aromatic N) is 1. The van der Waals surface area contributed by atoms with Crippen LogP contribution in [0.2, 0.25) is 0 Å². The molecule has 0 saturated heterocycles. The van der Waals surface area contributed by atoms with Crippen molar-refractivity contribution in [3.63, 3.8) is 0 Å². The highest BCUT2D eigenvalue weighted by Crippen LogP contribution is 2.43. The van der Waals surface area contributed by atoms with Crippen molar-refractivity contribution in [2.45, 2.75) is 45.6 Å². The van der Waals surface area contributed by atoms with Gasteiger partial charge in [-0.25, -0.2) is 0 Å². The van der Waals surface area contributed by atoms with Gasteiger partial charge in [0.25, 0.3) is 5.91 Å². The van der Waals surface area contributed by atoms with Crippen LogP contribution in [-0.4, -0.2) is 28.3 Å². The Balaban J connectivity index is 2.16. The van der Waals surface area contributed by atoms with Gasteiger partial charge in [-0.15, -0.1) is 0 Å². The minimum atomic E-state index is -0.558. The minimum Gasteiger partial charge on any atom is -0.394 e. The van der Waals surface area contributed by atoms with Gasteiger partial charge in [0.2, 0.25) is 0 Å². The van der Waals surface area contributed by atoms with Crippen molar-refractivity contribution >= 4 is 5.91 Å². The number of hydrogen-bond acceptors (Lipinski definition) is 4. The fourth-order valence-electron chi connectivity index (χ4n) is 3.63. The Labute approximate surface area is 113 Å². The highest BCUT2D eigenvalue weighted by atomic mass is 16.5. The Morgan fingerprint density at radius 1 is 1.58 bits per heavy atom. The summed E-state index contributed by atoms with van der Waals surface area (Å²) in [7, 11) is 0. The van der Waals surface area contributed by atoms with E-state index in [1.807, 2.05) is 0 Å². The van der Waals surface area contributed by atoms with E-state index in [1.54, 1.807) is 0 Å². The van der Waals surface area contributed by atoms with Crippen LogP contribution in [0, 0.1) is 11.3 Å². The van der Waals surface area contributed by atoms with Gasteiger partial charge in [-0.2, -0.15) is 0 Å². The molecule has 19 heavy (non-hydrogen) atoms. The third kappa shape index (κ3) is 3.15. The summed E-state index contributed by atoms with van der Waals surface area (Å²) in [4.78, 5) is 12.1. The maximum absolute atomic E-state index is 12.1. The van der Waals surface area contributed by atoms with Gasteiger partial charge in [-0.3, -0.25) is 4.79 Å². The normalized spacial score (nSPS) is 30.0. The SMILES string of the molecule is C[C@H]1CC(C)(C)C[C@](CO)(NC(=O)c2ccon2)C1. The maximum Gasteiger partial charge on any atom is 0.273 e. The molecule has 5 heteroatoms. The van der Waals surface area contributed by atoms with Crippen molar-refractivity contribution in [1.82, 2.24) is 10.5 Å².